The van der Waals surface area contributed by atoms with Crippen molar-refractivity contribution in [2.75, 3.05) is 46.0 Å². The van der Waals surface area contributed by atoms with Gasteiger partial charge in [0.25, 0.3) is 0 Å². The lowest BCUT2D eigenvalue weighted by atomic mass is 9.97. The van der Waals surface area contributed by atoms with E-state index in [1.807, 2.05) is 20.8 Å². The highest BCUT2D eigenvalue weighted by molar-refractivity contribution is 5.80. The van der Waals surface area contributed by atoms with Crippen molar-refractivity contribution >= 4 is 5.97 Å². The number of ether oxygens (including phenoxy) is 2. The molecule has 0 rings (SSSR count). The number of carbonyl (C=O) groups excluding carboxylic acids is 1. The van der Waals surface area contributed by atoms with Gasteiger partial charge in [0.05, 0.1) is 13.2 Å². The lowest BCUT2D eigenvalue weighted by Gasteiger charge is -2.31. The quantitative estimate of drug-likeness (QED) is 0.417. The minimum absolute atomic E-state index is 0.153. The summed E-state index contributed by atoms with van der Waals surface area (Å²) in [4.78, 5) is 14.5. The van der Waals surface area contributed by atoms with Crippen LogP contribution in [0.15, 0.2) is 0 Å². The van der Waals surface area contributed by atoms with Crippen LogP contribution in [0, 0.1) is 0 Å². The molecule has 0 amide bonds. The SMILES string of the molecule is CCCNC(C)(CCN(CC)CCOCC)C(=O)OCC. The molecular weight excluding hydrogens is 268 g/mol. The zero-order valence-electron chi connectivity index (χ0n) is 14.5. The Morgan fingerprint density at radius 1 is 1.14 bits per heavy atom. The third-order valence-electron chi connectivity index (χ3n) is 3.62. The normalized spacial score (nSPS) is 14.2. The summed E-state index contributed by atoms with van der Waals surface area (Å²) < 4.78 is 10.6. The van der Waals surface area contributed by atoms with Crippen molar-refractivity contribution in [2.45, 2.75) is 53.0 Å². The summed E-state index contributed by atoms with van der Waals surface area (Å²) in [5.41, 5.74) is -0.606. The minimum atomic E-state index is -0.606. The number of carbonyl (C=O) groups is 1. The molecule has 0 bridgehead atoms. The molecule has 0 radical (unpaired) electrons. The topological polar surface area (TPSA) is 50.8 Å². The first kappa shape index (κ1) is 20.3. The summed E-state index contributed by atoms with van der Waals surface area (Å²) in [5, 5.41) is 3.34. The van der Waals surface area contributed by atoms with Gasteiger partial charge < -0.3 is 19.7 Å². The lowest BCUT2D eigenvalue weighted by molar-refractivity contribution is -0.151. The van der Waals surface area contributed by atoms with Gasteiger partial charge in [-0.3, -0.25) is 4.79 Å². The molecular formula is C16H34N2O3. The van der Waals surface area contributed by atoms with Crippen LogP contribution in [0.25, 0.3) is 0 Å². The molecule has 5 heteroatoms. The Morgan fingerprint density at radius 2 is 1.86 bits per heavy atom. The molecule has 0 fully saturated rings. The molecule has 0 aromatic carbocycles. The maximum atomic E-state index is 12.2. The van der Waals surface area contributed by atoms with Gasteiger partial charge in [0.1, 0.15) is 5.54 Å². The molecule has 0 heterocycles. The predicted molar refractivity (Wildman–Crippen MR) is 86.6 cm³/mol. The standard InChI is InChI=1S/C16H34N2O3/c1-6-11-17-16(5,15(19)21-9-4)10-12-18(7-2)13-14-20-8-3/h17H,6-14H2,1-5H3. The van der Waals surface area contributed by atoms with E-state index in [0.717, 1.165) is 52.2 Å². The molecule has 126 valence electrons. The number of nitrogens with zero attached hydrogens (tertiary/aromatic N) is 1. The van der Waals surface area contributed by atoms with Crippen LogP contribution < -0.4 is 5.32 Å². The van der Waals surface area contributed by atoms with Gasteiger partial charge in [0.2, 0.25) is 0 Å². The van der Waals surface area contributed by atoms with Crippen LogP contribution in [-0.4, -0.2) is 62.4 Å². The van der Waals surface area contributed by atoms with Crippen molar-refractivity contribution in [3.05, 3.63) is 0 Å². The van der Waals surface area contributed by atoms with Crippen molar-refractivity contribution in [1.29, 1.82) is 0 Å². The van der Waals surface area contributed by atoms with E-state index >= 15 is 0 Å². The average Bonchev–Trinajstić information content (AvgIpc) is 2.49. The maximum Gasteiger partial charge on any atom is 0.326 e. The zero-order chi connectivity index (χ0) is 16.1. The molecule has 0 saturated carbocycles. The first-order chi connectivity index (χ1) is 10.0. The molecule has 5 nitrogen and oxygen atoms in total. The Balaban J connectivity index is 4.46. The highest BCUT2D eigenvalue weighted by Gasteiger charge is 2.34. The number of nitrogens with one attached hydrogen (secondary N) is 1. The van der Waals surface area contributed by atoms with E-state index in [-0.39, 0.29) is 5.97 Å². The maximum absolute atomic E-state index is 12.2. The number of likely N-dealkylation sites (N-methyl/N-ethyl adjacent to an activating group) is 1. The van der Waals surface area contributed by atoms with Crippen LogP contribution in [0.3, 0.4) is 0 Å². The monoisotopic (exact) mass is 302 g/mol. The van der Waals surface area contributed by atoms with Crippen molar-refractivity contribution in [3.8, 4) is 0 Å². The summed E-state index contributed by atoms with van der Waals surface area (Å²) in [6.45, 7) is 15.5. The van der Waals surface area contributed by atoms with Crippen LogP contribution in [0.5, 0.6) is 0 Å². The summed E-state index contributed by atoms with van der Waals surface area (Å²) >= 11 is 0. The minimum Gasteiger partial charge on any atom is -0.465 e. The van der Waals surface area contributed by atoms with E-state index in [1.165, 1.54) is 0 Å². The van der Waals surface area contributed by atoms with Gasteiger partial charge in [-0.05, 0) is 46.7 Å². The first-order valence-corrected chi connectivity index (χ1v) is 8.26. The number of rotatable bonds is 13. The largest absolute Gasteiger partial charge is 0.465 e. The van der Waals surface area contributed by atoms with Crippen LogP contribution in [0.2, 0.25) is 0 Å². The van der Waals surface area contributed by atoms with Crippen LogP contribution in [-0.2, 0) is 14.3 Å². The molecule has 0 aliphatic rings. The van der Waals surface area contributed by atoms with E-state index in [2.05, 4.69) is 24.1 Å². The third-order valence-corrected chi connectivity index (χ3v) is 3.62. The number of esters is 1. The molecule has 0 aromatic rings. The Hall–Kier alpha value is -0.650. The first-order valence-electron chi connectivity index (χ1n) is 8.26. The summed E-state index contributed by atoms with van der Waals surface area (Å²) in [6, 6.07) is 0. The lowest BCUT2D eigenvalue weighted by Crippen LogP contribution is -2.52. The van der Waals surface area contributed by atoms with Crippen LogP contribution in [0.4, 0.5) is 0 Å². The second-order valence-corrected chi connectivity index (χ2v) is 5.36. The van der Waals surface area contributed by atoms with Gasteiger partial charge in [-0.1, -0.05) is 13.8 Å². The fraction of sp³-hybridized carbons (Fsp3) is 0.938. The Labute approximate surface area is 130 Å². The Bertz CT molecular complexity index is 274. The molecule has 0 spiro atoms. The van der Waals surface area contributed by atoms with Gasteiger partial charge >= 0.3 is 5.97 Å². The molecule has 1 unspecified atom stereocenters. The van der Waals surface area contributed by atoms with Gasteiger partial charge in [-0.25, -0.2) is 0 Å². The number of hydrogen-bond acceptors (Lipinski definition) is 5. The Kier molecular flexibility index (Phi) is 11.6. The molecule has 1 N–H and O–H groups in total. The van der Waals surface area contributed by atoms with Crippen molar-refractivity contribution in [3.63, 3.8) is 0 Å². The van der Waals surface area contributed by atoms with Crippen molar-refractivity contribution in [1.82, 2.24) is 10.2 Å². The second-order valence-electron chi connectivity index (χ2n) is 5.36. The van der Waals surface area contributed by atoms with Gasteiger partial charge in [-0.2, -0.15) is 0 Å². The summed E-state index contributed by atoms with van der Waals surface area (Å²) in [5.74, 6) is -0.153. The molecule has 1 atom stereocenters. The second kappa shape index (κ2) is 12.0. The molecule has 0 aliphatic heterocycles. The fourth-order valence-electron chi connectivity index (χ4n) is 2.10. The summed E-state index contributed by atoms with van der Waals surface area (Å²) in [7, 11) is 0. The highest BCUT2D eigenvalue weighted by atomic mass is 16.5. The van der Waals surface area contributed by atoms with E-state index in [9.17, 15) is 4.79 Å². The molecule has 0 aromatic heterocycles. The van der Waals surface area contributed by atoms with Gasteiger partial charge in [0.15, 0.2) is 0 Å². The molecule has 21 heavy (non-hydrogen) atoms. The fourth-order valence-corrected chi connectivity index (χ4v) is 2.10. The highest BCUT2D eigenvalue weighted by Crippen LogP contribution is 2.13. The predicted octanol–water partition coefficient (Wildman–Crippen LogP) is 2.06. The van der Waals surface area contributed by atoms with Gasteiger partial charge in [-0.15, -0.1) is 0 Å². The van der Waals surface area contributed by atoms with E-state index in [0.29, 0.717) is 6.61 Å². The molecule has 0 saturated heterocycles. The van der Waals surface area contributed by atoms with Crippen LogP contribution >= 0.6 is 0 Å². The smallest absolute Gasteiger partial charge is 0.326 e. The third kappa shape index (κ3) is 8.39. The van der Waals surface area contributed by atoms with Gasteiger partial charge in [0, 0.05) is 19.7 Å². The van der Waals surface area contributed by atoms with E-state index in [1.54, 1.807) is 0 Å². The van der Waals surface area contributed by atoms with Crippen LogP contribution in [0.1, 0.15) is 47.5 Å². The zero-order valence-corrected chi connectivity index (χ0v) is 14.5. The Morgan fingerprint density at radius 3 is 2.38 bits per heavy atom. The average molecular weight is 302 g/mol. The van der Waals surface area contributed by atoms with Crippen molar-refractivity contribution in [2.24, 2.45) is 0 Å². The van der Waals surface area contributed by atoms with E-state index < -0.39 is 5.54 Å². The summed E-state index contributed by atoms with van der Waals surface area (Å²) in [6.07, 6.45) is 1.74. The number of hydrogen-bond donors (Lipinski definition) is 1. The van der Waals surface area contributed by atoms with Crippen molar-refractivity contribution < 1.29 is 14.3 Å². The van der Waals surface area contributed by atoms with E-state index in [4.69, 9.17) is 9.47 Å². The molecule has 0 aliphatic carbocycles.